The Morgan fingerprint density at radius 2 is 2.28 bits per heavy atom. The van der Waals surface area contributed by atoms with Gasteiger partial charge in [-0.05, 0) is 12.5 Å². The molecule has 1 saturated heterocycles. The number of allylic oxidation sites excluding steroid dienone is 1. The van der Waals surface area contributed by atoms with Crippen molar-refractivity contribution in [1.82, 2.24) is 0 Å². The van der Waals surface area contributed by atoms with Gasteiger partial charge in [-0.2, -0.15) is 8.42 Å². The van der Waals surface area contributed by atoms with Gasteiger partial charge in [-0.1, -0.05) is 26.3 Å². The molecular weight excluding hydrogens is 292 g/mol. The van der Waals surface area contributed by atoms with E-state index in [0.29, 0.717) is 10.3 Å². The van der Waals surface area contributed by atoms with Crippen LogP contribution in [0.15, 0.2) is 12.7 Å². The van der Waals surface area contributed by atoms with Crippen molar-refractivity contribution < 1.29 is 17.8 Å². The minimum atomic E-state index is -4.36. The Hall–Kier alpha value is 0.0200. The molecule has 4 nitrogen and oxygen atoms in total. The molecule has 0 aromatic carbocycles. The smallest absolute Gasteiger partial charge is 0.276 e. The van der Waals surface area contributed by atoms with E-state index in [1.165, 1.54) is 11.8 Å². The molecule has 1 aliphatic rings. The van der Waals surface area contributed by atoms with Crippen molar-refractivity contribution in [3.63, 3.8) is 0 Å². The first-order valence-corrected chi connectivity index (χ1v) is 9.29. The molecule has 0 bridgehead atoms. The van der Waals surface area contributed by atoms with Gasteiger partial charge in [0.25, 0.3) is 10.1 Å². The lowest BCUT2D eigenvalue weighted by Gasteiger charge is -2.17. The molecule has 18 heavy (non-hydrogen) atoms. The number of thioether (sulfide) groups is 2. The van der Waals surface area contributed by atoms with E-state index in [1.54, 1.807) is 11.8 Å². The molecule has 7 heteroatoms. The number of hydrogen-bond acceptors (Lipinski definition) is 5. The lowest BCUT2D eigenvalue weighted by Crippen LogP contribution is -2.38. The first-order valence-electron chi connectivity index (χ1n) is 5.79. The van der Waals surface area contributed by atoms with Gasteiger partial charge < -0.3 is 0 Å². The molecule has 1 heterocycles. The van der Waals surface area contributed by atoms with Crippen LogP contribution in [0.1, 0.15) is 26.2 Å². The van der Waals surface area contributed by atoms with Gasteiger partial charge in [0.2, 0.25) is 0 Å². The van der Waals surface area contributed by atoms with Crippen molar-refractivity contribution in [2.75, 3.05) is 5.75 Å². The number of unbranched alkanes of at least 4 members (excludes halogenated alkanes) is 1. The molecule has 0 radical (unpaired) electrons. The lowest BCUT2D eigenvalue weighted by molar-refractivity contribution is -0.114. The van der Waals surface area contributed by atoms with E-state index in [9.17, 15) is 17.8 Å². The fraction of sp³-hybridized carbons (Fsp3) is 0.727. The van der Waals surface area contributed by atoms with Crippen LogP contribution < -0.4 is 0 Å². The van der Waals surface area contributed by atoms with Gasteiger partial charge in [-0.25, -0.2) is 0 Å². The number of hydrogen-bond donors (Lipinski definition) is 1. The van der Waals surface area contributed by atoms with E-state index in [2.05, 4.69) is 13.5 Å². The molecule has 0 amide bonds. The number of carbonyl (C=O) groups excluding carboxylic acids is 1. The lowest BCUT2D eigenvalue weighted by atomic mass is 10.2. The summed E-state index contributed by atoms with van der Waals surface area (Å²) in [5.41, 5.74) is 0. The Balaban J connectivity index is 2.72. The molecule has 1 N–H and O–H groups in total. The van der Waals surface area contributed by atoms with E-state index >= 15 is 0 Å². The van der Waals surface area contributed by atoms with Crippen LogP contribution in [0.2, 0.25) is 0 Å². The van der Waals surface area contributed by atoms with Crippen molar-refractivity contribution in [3.8, 4) is 0 Å². The third-order valence-corrected chi connectivity index (χ3v) is 7.52. The Morgan fingerprint density at radius 1 is 1.61 bits per heavy atom. The maximum atomic E-state index is 11.6. The zero-order valence-corrected chi connectivity index (χ0v) is 12.7. The Kier molecular flexibility index (Phi) is 6.23. The van der Waals surface area contributed by atoms with Gasteiger partial charge in [-0.3, -0.25) is 9.35 Å². The molecule has 0 aromatic rings. The minimum absolute atomic E-state index is 0.316. The molecule has 3 unspecified atom stereocenters. The molecular formula is C11H18O4S3. The molecule has 0 aliphatic carbocycles. The van der Waals surface area contributed by atoms with Crippen LogP contribution >= 0.6 is 23.5 Å². The van der Waals surface area contributed by atoms with Crippen molar-refractivity contribution in [2.24, 2.45) is 0 Å². The van der Waals surface area contributed by atoms with E-state index in [1.807, 2.05) is 0 Å². The zero-order valence-electron chi connectivity index (χ0n) is 10.2. The molecule has 0 spiro atoms. The summed E-state index contributed by atoms with van der Waals surface area (Å²) >= 11 is 3.15. The normalized spacial score (nSPS) is 25.9. The monoisotopic (exact) mass is 310 g/mol. The molecule has 1 rings (SSSR count). The molecule has 104 valence electrons. The highest BCUT2D eigenvalue weighted by Gasteiger charge is 2.42. The van der Waals surface area contributed by atoms with Gasteiger partial charge in [0.15, 0.2) is 11.0 Å². The summed E-state index contributed by atoms with van der Waals surface area (Å²) in [6, 6.07) is 0. The summed E-state index contributed by atoms with van der Waals surface area (Å²) in [6.07, 6.45) is 4.16. The standard InChI is InChI=1S/C11H18O4S3/c1-3-5-6-10-16-7-9(17-10)11(8(12)4-2)18(13,14)15/h4,9-11H,2-3,5-7H2,1H3,(H,13,14,15). The summed E-state index contributed by atoms with van der Waals surface area (Å²) in [5.74, 6) is -0.0463. The van der Waals surface area contributed by atoms with Crippen LogP contribution in [0, 0.1) is 0 Å². The SMILES string of the molecule is C=CC(=O)C(C1CSC(CCCC)S1)S(=O)(=O)O. The summed E-state index contributed by atoms with van der Waals surface area (Å²) in [4.78, 5) is 11.6. The van der Waals surface area contributed by atoms with Crippen LogP contribution in [-0.4, -0.2) is 39.6 Å². The van der Waals surface area contributed by atoms with E-state index in [4.69, 9.17) is 0 Å². The Bertz CT molecular complexity index is 405. The van der Waals surface area contributed by atoms with Gasteiger partial charge >= 0.3 is 0 Å². The van der Waals surface area contributed by atoms with Gasteiger partial charge in [0, 0.05) is 11.0 Å². The second-order valence-corrected chi connectivity index (χ2v) is 8.64. The van der Waals surface area contributed by atoms with Crippen LogP contribution in [0.4, 0.5) is 0 Å². The minimum Gasteiger partial charge on any atom is -0.293 e. The predicted octanol–water partition coefficient (Wildman–Crippen LogP) is 2.36. The quantitative estimate of drug-likeness (QED) is 0.575. The summed E-state index contributed by atoms with van der Waals surface area (Å²) < 4.78 is 32.1. The summed E-state index contributed by atoms with van der Waals surface area (Å²) in [6.45, 7) is 5.40. The highest BCUT2D eigenvalue weighted by Crippen LogP contribution is 2.43. The Morgan fingerprint density at radius 3 is 2.78 bits per heavy atom. The molecule has 1 aliphatic heterocycles. The van der Waals surface area contributed by atoms with Crippen LogP contribution in [-0.2, 0) is 14.9 Å². The summed E-state index contributed by atoms with van der Waals surface area (Å²) in [5, 5.41) is -1.74. The maximum absolute atomic E-state index is 11.6. The Labute approximate surface area is 117 Å². The van der Waals surface area contributed by atoms with Crippen LogP contribution in [0.25, 0.3) is 0 Å². The average Bonchev–Trinajstić information content (AvgIpc) is 2.72. The van der Waals surface area contributed by atoms with Crippen molar-refractivity contribution in [1.29, 1.82) is 0 Å². The van der Waals surface area contributed by atoms with Crippen molar-refractivity contribution >= 4 is 39.4 Å². The third-order valence-electron chi connectivity index (χ3n) is 2.71. The van der Waals surface area contributed by atoms with Crippen molar-refractivity contribution in [2.45, 2.75) is 41.3 Å². The molecule has 0 saturated carbocycles. The van der Waals surface area contributed by atoms with E-state index in [0.717, 1.165) is 25.3 Å². The summed E-state index contributed by atoms with van der Waals surface area (Å²) in [7, 11) is -4.36. The maximum Gasteiger partial charge on any atom is 0.276 e. The first-order chi connectivity index (χ1) is 8.40. The van der Waals surface area contributed by atoms with Crippen LogP contribution in [0.5, 0.6) is 0 Å². The van der Waals surface area contributed by atoms with Crippen molar-refractivity contribution in [3.05, 3.63) is 12.7 Å². The molecule has 3 atom stereocenters. The van der Waals surface area contributed by atoms with Gasteiger partial charge in [-0.15, -0.1) is 23.5 Å². The fourth-order valence-corrected chi connectivity index (χ4v) is 6.83. The first kappa shape index (κ1) is 16.1. The predicted molar refractivity (Wildman–Crippen MR) is 77.7 cm³/mol. The largest absolute Gasteiger partial charge is 0.293 e. The van der Waals surface area contributed by atoms with E-state index < -0.39 is 21.2 Å². The van der Waals surface area contributed by atoms with Gasteiger partial charge in [0.1, 0.15) is 0 Å². The fourth-order valence-electron chi connectivity index (χ4n) is 1.79. The zero-order chi connectivity index (χ0) is 13.8. The second-order valence-electron chi connectivity index (χ2n) is 4.12. The molecule has 0 aromatic heterocycles. The number of ketones is 1. The highest BCUT2D eigenvalue weighted by molar-refractivity contribution is 8.20. The third kappa shape index (κ3) is 4.29. The number of carbonyl (C=O) groups is 1. The van der Waals surface area contributed by atoms with E-state index in [-0.39, 0.29) is 5.25 Å². The van der Waals surface area contributed by atoms with Gasteiger partial charge in [0.05, 0.1) is 4.58 Å². The number of rotatable bonds is 7. The topological polar surface area (TPSA) is 71.4 Å². The second kappa shape index (κ2) is 6.98. The average molecular weight is 310 g/mol. The molecule has 1 fully saturated rings. The highest BCUT2D eigenvalue weighted by atomic mass is 32.2. The van der Waals surface area contributed by atoms with Crippen LogP contribution in [0.3, 0.4) is 0 Å².